The number of likely N-dealkylation sites (tertiary alicyclic amines) is 2. The fraction of sp³-hybridized carbons (Fsp3) is 0.512. The summed E-state index contributed by atoms with van der Waals surface area (Å²) in [5.41, 5.74) is 2.00. The highest BCUT2D eigenvalue weighted by molar-refractivity contribution is 7.70. The van der Waals surface area contributed by atoms with Crippen molar-refractivity contribution in [3.05, 3.63) is 66.1 Å². The zero-order chi connectivity index (χ0) is 38.1. The lowest BCUT2D eigenvalue weighted by atomic mass is 9.92. The highest BCUT2D eigenvalue weighted by atomic mass is 35.5. The quantitative estimate of drug-likeness (QED) is 0.120. The number of carbonyl (C=O) groups excluding carboxylic acids is 2. The monoisotopic (exact) mass is 785 g/mol. The summed E-state index contributed by atoms with van der Waals surface area (Å²) in [6.45, 7) is 12.4. The molecule has 2 aromatic heterocycles. The summed E-state index contributed by atoms with van der Waals surface area (Å²) < 4.78 is 14.8. The molecule has 4 aliphatic rings. The SMILES string of the molecule is CP(C)(=O)c1ccccc1Nc1nc(N[C@@H]2CCN(CC3CCN(CC4CCN(c5ccc6cn(C7CCC(=O)NC7=O)cc6c5)CC4)CC3)C2)ncc1Cl. The molecule has 0 spiro atoms. The molecule has 12 nitrogen and oxygen atoms in total. The fourth-order valence-electron chi connectivity index (χ4n) is 8.95. The van der Waals surface area contributed by atoms with E-state index in [1.807, 2.05) is 35.0 Å². The molecule has 0 aliphatic carbocycles. The normalized spacial score (nSPS) is 22.3. The summed E-state index contributed by atoms with van der Waals surface area (Å²) in [7, 11) is -2.49. The van der Waals surface area contributed by atoms with Gasteiger partial charge in [0.05, 0.1) is 11.9 Å². The van der Waals surface area contributed by atoms with E-state index < -0.39 is 7.14 Å². The predicted molar refractivity (Wildman–Crippen MR) is 222 cm³/mol. The van der Waals surface area contributed by atoms with Crippen LogP contribution in [0, 0.1) is 11.8 Å². The van der Waals surface area contributed by atoms with E-state index in [0.29, 0.717) is 29.6 Å². The van der Waals surface area contributed by atoms with Crippen LogP contribution < -0.4 is 26.2 Å². The molecule has 6 heterocycles. The maximum Gasteiger partial charge on any atom is 0.249 e. The summed E-state index contributed by atoms with van der Waals surface area (Å²) >= 11 is 6.48. The number of amides is 2. The maximum absolute atomic E-state index is 12.9. The smallest absolute Gasteiger partial charge is 0.249 e. The number of benzene rings is 2. The Morgan fingerprint density at radius 2 is 1.58 bits per heavy atom. The average molecular weight is 786 g/mol. The van der Waals surface area contributed by atoms with Gasteiger partial charge >= 0.3 is 0 Å². The van der Waals surface area contributed by atoms with Crippen LogP contribution in [0.3, 0.4) is 0 Å². The van der Waals surface area contributed by atoms with Crippen molar-refractivity contribution in [2.75, 3.05) is 81.2 Å². The molecule has 55 heavy (non-hydrogen) atoms. The molecule has 4 fully saturated rings. The number of imide groups is 1. The van der Waals surface area contributed by atoms with Crippen molar-refractivity contribution in [1.82, 2.24) is 29.7 Å². The third-order valence-electron chi connectivity index (χ3n) is 12.0. The maximum atomic E-state index is 12.9. The summed E-state index contributed by atoms with van der Waals surface area (Å²) in [6.07, 6.45) is 12.6. The van der Waals surface area contributed by atoms with Crippen molar-refractivity contribution in [2.24, 2.45) is 11.8 Å². The Hall–Kier alpha value is -3.96. The van der Waals surface area contributed by atoms with E-state index in [-0.39, 0.29) is 23.9 Å². The van der Waals surface area contributed by atoms with Crippen molar-refractivity contribution in [1.29, 1.82) is 0 Å². The molecular formula is C41H53ClN9O3P. The van der Waals surface area contributed by atoms with Gasteiger partial charge in [0.2, 0.25) is 17.8 Å². The lowest BCUT2D eigenvalue weighted by Gasteiger charge is -2.39. The molecule has 3 N–H and O–H groups in total. The van der Waals surface area contributed by atoms with E-state index in [0.717, 1.165) is 72.7 Å². The first-order valence-corrected chi connectivity index (χ1v) is 22.9. The van der Waals surface area contributed by atoms with E-state index in [9.17, 15) is 14.2 Å². The number of hydrogen-bond donors (Lipinski definition) is 3. The Labute approximate surface area is 328 Å². The fourth-order valence-corrected chi connectivity index (χ4v) is 10.2. The van der Waals surface area contributed by atoms with Crippen LogP contribution in [-0.2, 0) is 14.2 Å². The molecule has 0 saturated carbocycles. The molecule has 2 aromatic carbocycles. The van der Waals surface area contributed by atoms with E-state index >= 15 is 0 Å². The standard InChI is InChI=1S/C41H53ClN9O3P/c1-55(2,54)37-6-4-3-5-35(37)45-39-34(42)22-43-41(47-39)44-32-15-18-49(27-32)24-28-11-16-48(17-12-28)23-29-13-19-50(20-14-29)33-8-7-30-25-51(26-31(30)21-33)36-9-10-38(52)46-40(36)53/h3-8,21-22,25-26,28-29,32,36H,9-20,23-24,27H2,1-2H3,(H,46,52,53)(H2,43,44,45,47)/t32-,36?/m1/s1. The molecule has 1 unspecified atom stereocenters. The zero-order valence-corrected chi connectivity index (χ0v) is 33.6. The highest BCUT2D eigenvalue weighted by Crippen LogP contribution is 2.39. The lowest BCUT2D eigenvalue weighted by molar-refractivity contribution is -0.135. The summed E-state index contributed by atoms with van der Waals surface area (Å²) in [5.74, 6) is 2.12. The van der Waals surface area contributed by atoms with Crippen LogP contribution in [-0.4, -0.2) is 108 Å². The van der Waals surface area contributed by atoms with Gasteiger partial charge in [-0.25, -0.2) is 4.98 Å². The molecule has 2 amide bonds. The summed E-state index contributed by atoms with van der Waals surface area (Å²) in [6, 6.07) is 14.2. The summed E-state index contributed by atoms with van der Waals surface area (Å²) in [5, 5.41) is 12.8. The van der Waals surface area contributed by atoms with E-state index in [1.165, 1.54) is 51.0 Å². The van der Waals surface area contributed by atoms with Crippen LogP contribution in [0.5, 0.6) is 0 Å². The largest absolute Gasteiger partial charge is 0.371 e. The molecule has 4 aliphatic heterocycles. The van der Waals surface area contributed by atoms with Crippen molar-refractivity contribution in [2.45, 2.75) is 57.0 Å². The highest BCUT2D eigenvalue weighted by Gasteiger charge is 2.30. The number of para-hydroxylation sites is 1. The average Bonchev–Trinajstić information content (AvgIpc) is 3.80. The van der Waals surface area contributed by atoms with E-state index in [4.69, 9.17) is 16.6 Å². The first kappa shape index (κ1) is 37.9. The number of aromatic nitrogens is 3. The minimum absolute atomic E-state index is 0.183. The van der Waals surface area contributed by atoms with Crippen LogP contribution in [0.15, 0.2) is 61.1 Å². The Morgan fingerprint density at radius 3 is 2.35 bits per heavy atom. The van der Waals surface area contributed by atoms with Gasteiger partial charge in [0.1, 0.15) is 18.2 Å². The van der Waals surface area contributed by atoms with Crippen LogP contribution >= 0.6 is 18.7 Å². The Bertz CT molecular complexity index is 2070. The molecule has 0 bridgehead atoms. The molecule has 4 saturated heterocycles. The molecule has 14 heteroatoms. The number of hydrogen-bond acceptors (Lipinski definition) is 10. The van der Waals surface area contributed by atoms with Gasteiger partial charge in [0.15, 0.2) is 5.82 Å². The van der Waals surface area contributed by atoms with Crippen molar-refractivity contribution >= 4 is 69.8 Å². The number of nitrogens with zero attached hydrogens (tertiary/aromatic N) is 6. The van der Waals surface area contributed by atoms with Gasteiger partial charge in [0, 0.05) is 80.5 Å². The Kier molecular flexibility index (Phi) is 11.2. The first-order chi connectivity index (χ1) is 26.5. The molecule has 0 radical (unpaired) electrons. The van der Waals surface area contributed by atoms with Crippen LogP contribution in [0.1, 0.15) is 51.0 Å². The number of carbonyl (C=O) groups is 2. The van der Waals surface area contributed by atoms with Crippen LogP contribution in [0.4, 0.5) is 23.1 Å². The zero-order valence-electron chi connectivity index (χ0n) is 31.9. The molecule has 2 atom stereocenters. The lowest BCUT2D eigenvalue weighted by Crippen LogP contribution is -2.43. The topological polar surface area (TPSA) is 128 Å². The molecule has 4 aromatic rings. The molecule has 8 rings (SSSR count). The predicted octanol–water partition coefficient (Wildman–Crippen LogP) is 6.17. The second kappa shape index (κ2) is 16.3. The Balaban J connectivity index is 0.761. The van der Waals surface area contributed by atoms with Crippen LogP contribution in [0.25, 0.3) is 10.8 Å². The van der Waals surface area contributed by atoms with E-state index in [2.05, 4.69) is 60.0 Å². The molecule has 292 valence electrons. The number of nitrogens with one attached hydrogen (secondary N) is 3. The minimum Gasteiger partial charge on any atom is -0.371 e. The van der Waals surface area contributed by atoms with Gasteiger partial charge in [-0.1, -0.05) is 29.8 Å². The number of anilines is 4. The Morgan fingerprint density at radius 1 is 0.873 bits per heavy atom. The van der Waals surface area contributed by atoms with Gasteiger partial charge in [-0.2, -0.15) is 4.98 Å². The van der Waals surface area contributed by atoms with Gasteiger partial charge in [0.25, 0.3) is 0 Å². The number of rotatable bonds is 11. The van der Waals surface area contributed by atoms with Crippen molar-refractivity contribution < 1.29 is 14.2 Å². The molecular weight excluding hydrogens is 733 g/mol. The third-order valence-corrected chi connectivity index (χ3v) is 13.9. The first-order valence-electron chi connectivity index (χ1n) is 19.9. The van der Waals surface area contributed by atoms with Gasteiger partial charge in [-0.15, -0.1) is 0 Å². The van der Waals surface area contributed by atoms with Gasteiger partial charge < -0.3 is 34.5 Å². The number of piperidine rings is 3. The van der Waals surface area contributed by atoms with Crippen molar-refractivity contribution in [3.8, 4) is 0 Å². The second-order valence-electron chi connectivity index (χ2n) is 16.4. The van der Waals surface area contributed by atoms with Crippen molar-refractivity contribution in [3.63, 3.8) is 0 Å². The summed E-state index contributed by atoms with van der Waals surface area (Å²) in [4.78, 5) is 41.0. The van der Waals surface area contributed by atoms with Crippen LogP contribution in [0.2, 0.25) is 5.02 Å². The van der Waals surface area contributed by atoms with Gasteiger partial charge in [-0.3, -0.25) is 14.9 Å². The second-order valence-corrected chi connectivity index (χ2v) is 20.0. The number of fused-ring (bicyclic) bond motifs is 1. The van der Waals surface area contributed by atoms with E-state index in [1.54, 1.807) is 19.5 Å². The minimum atomic E-state index is -2.49. The number of halogens is 1. The third kappa shape index (κ3) is 9.04. The van der Waals surface area contributed by atoms with Gasteiger partial charge in [-0.05, 0) is 106 Å².